The van der Waals surface area contributed by atoms with Gasteiger partial charge in [-0.2, -0.15) is 0 Å². The van der Waals surface area contributed by atoms with Gasteiger partial charge in [0.25, 0.3) is 0 Å². The van der Waals surface area contributed by atoms with Crippen LogP contribution in [0.15, 0.2) is 0 Å². The standard InChI is InChI=1S/C5H9NS2.Na/c7-5(8)6-3-1-2-4-6;/h1-4H2,(H,7,8);. The third-order valence-corrected chi connectivity index (χ3v) is 1.92. The van der Waals surface area contributed by atoms with Crippen LogP contribution in [0.4, 0.5) is 0 Å². The maximum atomic E-state index is 4.85. The van der Waals surface area contributed by atoms with E-state index in [4.69, 9.17) is 12.2 Å². The van der Waals surface area contributed by atoms with Crippen LogP contribution in [0.2, 0.25) is 0 Å². The molecule has 1 aliphatic rings. The molecule has 1 aliphatic heterocycles. The first-order valence-electron chi connectivity index (χ1n) is 2.78. The summed E-state index contributed by atoms with van der Waals surface area (Å²) in [6.45, 7) is 2.23. The maximum absolute atomic E-state index is 4.85. The van der Waals surface area contributed by atoms with Gasteiger partial charge in [0.15, 0.2) is 0 Å². The molecule has 4 heteroatoms. The van der Waals surface area contributed by atoms with Gasteiger partial charge in [-0.15, -0.1) is 12.6 Å². The number of thiocarbonyl (C=S) groups is 1. The Kier molecular flexibility index (Phi) is 5.65. The van der Waals surface area contributed by atoms with E-state index in [0.29, 0.717) is 0 Å². The summed E-state index contributed by atoms with van der Waals surface area (Å²) in [6.07, 6.45) is 2.56. The summed E-state index contributed by atoms with van der Waals surface area (Å²) in [5, 5.41) is 0. The predicted octanol–water partition coefficient (Wildman–Crippen LogP) is 0.916. The van der Waals surface area contributed by atoms with Crippen LogP contribution in [0.5, 0.6) is 0 Å². The minimum Gasteiger partial charge on any atom is -0.358 e. The zero-order valence-corrected chi connectivity index (χ0v) is 9.34. The quantitative estimate of drug-likeness (QED) is 0.327. The fourth-order valence-electron chi connectivity index (χ4n) is 0.908. The monoisotopic (exact) mass is 170 g/mol. The van der Waals surface area contributed by atoms with Crippen LogP contribution < -0.4 is 0 Å². The average molecular weight is 170 g/mol. The summed E-state index contributed by atoms with van der Waals surface area (Å²) < 4.78 is 0.752. The van der Waals surface area contributed by atoms with E-state index in [-0.39, 0.29) is 29.6 Å². The van der Waals surface area contributed by atoms with Crippen molar-refractivity contribution in [2.45, 2.75) is 12.8 Å². The first-order chi connectivity index (χ1) is 3.80. The molecule has 0 amide bonds. The van der Waals surface area contributed by atoms with Crippen LogP contribution in [0.3, 0.4) is 0 Å². The second-order valence-corrected chi connectivity index (χ2v) is 3.09. The Hall–Kier alpha value is 1.24. The molecule has 0 unspecified atom stereocenters. The molecule has 1 heterocycles. The van der Waals surface area contributed by atoms with Gasteiger partial charge < -0.3 is 4.90 Å². The van der Waals surface area contributed by atoms with Crippen molar-refractivity contribution in [2.75, 3.05) is 13.1 Å². The van der Waals surface area contributed by atoms with Crippen LogP contribution >= 0.6 is 24.8 Å². The van der Waals surface area contributed by atoms with Crippen LogP contribution in [0.1, 0.15) is 12.8 Å². The minimum atomic E-state index is 0. The van der Waals surface area contributed by atoms with Crippen LogP contribution in [-0.2, 0) is 0 Å². The number of thiol groups is 1. The van der Waals surface area contributed by atoms with Crippen LogP contribution in [0.25, 0.3) is 0 Å². The Balaban J connectivity index is 0.000000640. The number of hydrogen-bond acceptors (Lipinski definition) is 1. The van der Waals surface area contributed by atoms with Gasteiger partial charge in [0, 0.05) is 42.6 Å². The van der Waals surface area contributed by atoms with E-state index in [1.165, 1.54) is 12.8 Å². The fraction of sp³-hybridized carbons (Fsp3) is 0.800. The Bertz CT molecular complexity index is 101. The van der Waals surface area contributed by atoms with Gasteiger partial charge in [0.1, 0.15) is 4.32 Å². The van der Waals surface area contributed by atoms with E-state index in [1.54, 1.807) is 0 Å². The Morgan fingerprint density at radius 2 is 1.78 bits per heavy atom. The molecule has 1 radical (unpaired) electrons. The van der Waals surface area contributed by atoms with E-state index in [9.17, 15) is 0 Å². The van der Waals surface area contributed by atoms with Gasteiger partial charge >= 0.3 is 0 Å². The molecular weight excluding hydrogens is 161 g/mol. The van der Waals surface area contributed by atoms with Gasteiger partial charge in [-0.05, 0) is 12.8 Å². The SMILES string of the molecule is S=C(S)N1CCCC1.[Na]. The third kappa shape index (κ3) is 3.23. The number of likely N-dealkylation sites (tertiary alicyclic amines) is 1. The largest absolute Gasteiger partial charge is 0.358 e. The van der Waals surface area contributed by atoms with Gasteiger partial charge in [-0.25, -0.2) is 0 Å². The summed E-state index contributed by atoms with van der Waals surface area (Å²) in [5.74, 6) is 0. The molecule has 0 aromatic rings. The van der Waals surface area contributed by atoms with Gasteiger partial charge in [0.05, 0.1) is 0 Å². The Labute approximate surface area is 88.9 Å². The normalized spacial score (nSPS) is 17.2. The second kappa shape index (κ2) is 4.97. The Morgan fingerprint density at radius 3 is 2.00 bits per heavy atom. The topological polar surface area (TPSA) is 3.24 Å². The Morgan fingerprint density at radius 1 is 1.33 bits per heavy atom. The molecule has 0 bridgehead atoms. The van der Waals surface area contributed by atoms with Crippen LogP contribution in [-0.4, -0.2) is 51.9 Å². The molecule has 1 fully saturated rings. The smallest absolute Gasteiger partial charge is 0.133 e. The molecule has 1 saturated heterocycles. The summed E-state index contributed by atoms with van der Waals surface area (Å²) in [4.78, 5) is 2.12. The van der Waals surface area contributed by atoms with E-state index in [1.807, 2.05) is 0 Å². The average Bonchev–Trinajstić information content (AvgIpc) is 2.12. The molecule has 9 heavy (non-hydrogen) atoms. The van der Waals surface area contributed by atoms with Crippen molar-refractivity contribution < 1.29 is 0 Å². The number of rotatable bonds is 0. The number of hydrogen-bond donors (Lipinski definition) is 1. The van der Waals surface area contributed by atoms with Crippen molar-refractivity contribution in [3.63, 3.8) is 0 Å². The number of nitrogens with zero attached hydrogens (tertiary/aromatic N) is 1. The van der Waals surface area contributed by atoms with Crippen molar-refractivity contribution in [1.29, 1.82) is 0 Å². The van der Waals surface area contributed by atoms with E-state index in [0.717, 1.165) is 17.4 Å². The van der Waals surface area contributed by atoms with Crippen LogP contribution in [0, 0.1) is 0 Å². The van der Waals surface area contributed by atoms with Crippen molar-refractivity contribution in [3.8, 4) is 0 Å². The molecule has 0 spiro atoms. The van der Waals surface area contributed by atoms with Crippen molar-refractivity contribution >= 4 is 58.7 Å². The van der Waals surface area contributed by atoms with Crippen molar-refractivity contribution in [2.24, 2.45) is 0 Å². The van der Waals surface area contributed by atoms with Crippen molar-refractivity contribution in [1.82, 2.24) is 4.90 Å². The second-order valence-electron chi connectivity index (χ2n) is 1.98. The van der Waals surface area contributed by atoms with E-state index < -0.39 is 0 Å². The maximum Gasteiger partial charge on any atom is 0.133 e. The summed E-state index contributed by atoms with van der Waals surface area (Å²) in [7, 11) is 0. The molecule has 0 aromatic carbocycles. The zero-order chi connectivity index (χ0) is 5.98. The molecule has 47 valence electrons. The van der Waals surface area contributed by atoms with Gasteiger partial charge in [-0.3, -0.25) is 0 Å². The predicted molar refractivity (Wildman–Crippen MR) is 48.1 cm³/mol. The third-order valence-electron chi connectivity index (χ3n) is 1.38. The van der Waals surface area contributed by atoms with Gasteiger partial charge in [0.2, 0.25) is 0 Å². The zero-order valence-electron chi connectivity index (χ0n) is 5.63. The molecule has 0 saturated carbocycles. The molecule has 1 nitrogen and oxygen atoms in total. The first-order valence-corrected chi connectivity index (χ1v) is 3.64. The molecule has 0 aromatic heterocycles. The molecular formula is C5H9NNaS2. The molecule has 0 N–H and O–H groups in total. The summed E-state index contributed by atoms with van der Waals surface area (Å²) >= 11 is 8.90. The molecule has 0 aliphatic carbocycles. The summed E-state index contributed by atoms with van der Waals surface area (Å²) in [5.41, 5.74) is 0. The first kappa shape index (κ1) is 10.2. The van der Waals surface area contributed by atoms with Crippen molar-refractivity contribution in [3.05, 3.63) is 0 Å². The molecule has 0 atom stereocenters. The molecule has 1 rings (SSSR count). The van der Waals surface area contributed by atoms with E-state index >= 15 is 0 Å². The fourth-order valence-corrected chi connectivity index (χ4v) is 1.29. The van der Waals surface area contributed by atoms with Gasteiger partial charge in [-0.1, -0.05) is 12.2 Å². The van der Waals surface area contributed by atoms with E-state index in [2.05, 4.69) is 17.5 Å². The minimum absolute atomic E-state index is 0. The summed E-state index contributed by atoms with van der Waals surface area (Å²) in [6, 6.07) is 0.